The third kappa shape index (κ3) is 1.35. The van der Waals surface area contributed by atoms with Gasteiger partial charge in [0, 0.05) is 0 Å². The minimum Gasteiger partial charge on any atom is -0.710 e. The normalized spacial score (nSPS) is 10.6. The summed E-state index contributed by atoms with van der Waals surface area (Å²) in [6.07, 6.45) is 0. The minimum absolute atomic E-state index is 0.139. The van der Waals surface area contributed by atoms with Crippen molar-refractivity contribution in [2.75, 3.05) is 6.61 Å². The standard InChI is InChI=1S/C10H10N2O4/c1-2-16-10(13)9-11(14)7-5-3-4-6-8(7)12(9)15/h3-6,14H,2H2,1H3. The highest BCUT2D eigenvalue weighted by atomic mass is 16.6. The van der Waals surface area contributed by atoms with E-state index in [4.69, 9.17) is 0 Å². The largest absolute Gasteiger partial charge is 0.710 e. The first kappa shape index (κ1) is 10.3. The second kappa shape index (κ2) is 3.73. The predicted octanol–water partition coefficient (Wildman–Crippen LogP) is 0.689. The Morgan fingerprint density at radius 2 is 2.25 bits per heavy atom. The molecule has 0 unspecified atom stereocenters. The zero-order chi connectivity index (χ0) is 11.7. The Bertz CT molecular complexity index is 508. The molecule has 0 saturated carbocycles. The molecule has 1 aromatic carbocycles. The fourth-order valence-electron chi connectivity index (χ4n) is 1.49. The average molecular weight is 222 g/mol. The van der Waals surface area contributed by atoms with Crippen LogP contribution in [0, 0.1) is 5.21 Å². The third-order valence-corrected chi connectivity index (χ3v) is 2.18. The summed E-state index contributed by atoms with van der Waals surface area (Å²) in [7, 11) is 0. The van der Waals surface area contributed by atoms with Crippen molar-refractivity contribution in [2.45, 2.75) is 6.92 Å². The molecule has 16 heavy (non-hydrogen) atoms. The van der Waals surface area contributed by atoms with Gasteiger partial charge in [0.15, 0.2) is 5.52 Å². The van der Waals surface area contributed by atoms with Crippen molar-refractivity contribution < 1.29 is 19.5 Å². The maximum Gasteiger partial charge on any atom is 0.426 e. The number of nitrogens with zero attached hydrogens (tertiary/aromatic N) is 2. The van der Waals surface area contributed by atoms with Crippen LogP contribution in [0.1, 0.15) is 17.5 Å². The van der Waals surface area contributed by atoms with Gasteiger partial charge in [-0.05, 0) is 23.8 Å². The summed E-state index contributed by atoms with van der Waals surface area (Å²) in [5.74, 6) is -1.29. The Balaban J connectivity index is 2.66. The van der Waals surface area contributed by atoms with Gasteiger partial charge in [0.2, 0.25) is 5.52 Å². The lowest BCUT2D eigenvalue weighted by Gasteiger charge is -2.01. The van der Waals surface area contributed by atoms with Crippen LogP contribution in [-0.2, 0) is 4.74 Å². The Hall–Kier alpha value is -2.24. The molecule has 2 aromatic rings. The number of ether oxygens (including phenoxy) is 1. The van der Waals surface area contributed by atoms with Gasteiger partial charge in [0.25, 0.3) is 0 Å². The van der Waals surface area contributed by atoms with E-state index in [9.17, 15) is 15.2 Å². The lowest BCUT2D eigenvalue weighted by atomic mass is 10.3. The molecule has 84 valence electrons. The van der Waals surface area contributed by atoms with E-state index in [-0.39, 0.29) is 17.6 Å². The van der Waals surface area contributed by atoms with Crippen LogP contribution in [0.5, 0.6) is 0 Å². The number of carbonyl (C=O) groups is 1. The summed E-state index contributed by atoms with van der Waals surface area (Å²) in [6, 6.07) is 6.35. The molecule has 1 N–H and O–H groups in total. The average Bonchev–Trinajstić information content (AvgIpc) is 2.53. The van der Waals surface area contributed by atoms with Gasteiger partial charge in [0.05, 0.1) is 6.61 Å². The van der Waals surface area contributed by atoms with Crippen LogP contribution in [0.15, 0.2) is 24.3 Å². The fourth-order valence-corrected chi connectivity index (χ4v) is 1.49. The van der Waals surface area contributed by atoms with Crippen LogP contribution in [0.2, 0.25) is 0 Å². The number of aromatic nitrogens is 2. The molecule has 0 spiro atoms. The van der Waals surface area contributed by atoms with Crippen molar-refractivity contribution in [3.05, 3.63) is 35.3 Å². The first-order chi connectivity index (χ1) is 7.66. The van der Waals surface area contributed by atoms with Crippen LogP contribution in [-0.4, -0.2) is 22.5 Å². The van der Waals surface area contributed by atoms with Crippen molar-refractivity contribution in [2.24, 2.45) is 0 Å². The minimum atomic E-state index is -0.851. The van der Waals surface area contributed by atoms with E-state index in [0.717, 1.165) is 0 Å². The van der Waals surface area contributed by atoms with Gasteiger partial charge in [0.1, 0.15) is 0 Å². The Morgan fingerprint density at radius 3 is 2.88 bits per heavy atom. The van der Waals surface area contributed by atoms with E-state index in [1.165, 1.54) is 12.1 Å². The SMILES string of the molecule is CCOC(=O)c1n(O)c2ccccc2[n+]1[O-]. The van der Waals surface area contributed by atoms with E-state index in [1.54, 1.807) is 19.1 Å². The zero-order valence-electron chi connectivity index (χ0n) is 8.58. The molecule has 0 aliphatic carbocycles. The molecule has 6 nitrogen and oxygen atoms in total. The highest BCUT2D eigenvalue weighted by molar-refractivity contribution is 5.87. The number of esters is 1. The molecule has 0 saturated heterocycles. The van der Waals surface area contributed by atoms with E-state index in [2.05, 4.69) is 4.74 Å². The smallest absolute Gasteiger partial charge is 0.426 e. The van der Waals surface area contributed by atoms with Crippen LogP contribution >= 0.6 is 0 Å². The molecule has 0 bridgehead atoms. The van der Waals surface area contributed by atoms with Gasteiger partial charge < -0.3 is 15.2 Å². The van der Waals surface area contributed by atoms with E-state index < -0.39 is 11.8 Å². The quantitative estimate of drug-likeness (QED) is 0.351. The Morgan fingerprint density at radius 1 is 1.56 bits per heavy atom. The molecule has 0 aliphatic heterocycles. The first-order valence-corrected chi connectivity index (χ1v) is 4.76. The molecular formula is C10H10N2O4. The molecule has 0 amide bonds. The summed E-state index contributed by atoms with van der Waals surface area (Å²) in [6.45, 7) is 1.76. The van der Waals surface area contributed by atoms with Crippen molar-refractivity contribution in [1.29, 1.82) is 0 Å². The second-order valence-corrected chi connectivity index (χ2v) is 3.14. The number of carbonyl (C=O) groups excluding carboxylic acids is 1. The van der Waals surface area contributed by atoms with Gasteiger partial charge in [-0.3, -0.25) is 0 Å². The molecule has 0 aliphatic rings. The summed E-state index contributed by atoms with van der Waals surface area (Å²) < 4.78 is 5.58. The number of benzene rings is 1. The molecule has 1 aromatic heterocycles. The number of imidazole rings is 1. The number of fused-ring (bicyclic) bond motifs is 1. The highest BCUT2D eigenvalue weighted by Gasteiger charge is 2.29. The van der Waals surface area contributed by atoms with Gasteiger partial charge in [-0.2, -0.15) is 0 Å². The van der Waals surface area contributed by atoms with Gasteiger partial charge in [-0.1, -0.05) is 12.1 Å². The topological polar surface area (TPSA) is 78.4 Å². The fraction of sp³-hybridized carbons (Fsp3) is 0.200. The Kier molecular flexibility index (Phi) is 2.40. The maximum absolute atomic E-state index is 11.7. The molecular weight excluding hydrogens is 212 g/mol. The highest BCUT2D eigenvalue weighted by Crippen LogP contribution is 2.12. The van der Waals surface area contributed by atoms with Crippen molar-refractivity contribution in [3.63, 3.8) is 0 Å². The maximum atomic E-state index is 11.7. The van der Waals surface area contributed by atoms with E-state index in [0.29, 0.717) is 9.46 Å². The molecule has 0 radical (unpaired) electrons. The van der Waals surface area contributed by atoms with Crippen LogP contribution in [0.3, 0.4) is 0 Å². The zero-order valence-corrected chi connectivity index (χ0v) is 8.58. The van der Waals surface area contributed by atoms with Gasteiger partial charge in [-0.15, -0.1) is 0 Å². The van der Waals surface area contributed by atoms with Crippen molar-refractivity contribution in [1.82, 2.24) is 4.73 Å². The first-order valence-electron chi connectivity index (χ1n) is 4.76. The molecule has 2 rings (SSSR count). The van der Waals surface area contributed by atoms with Gasteiger partial charge >= 0.3 is 11.8 Å². The van der Waals surface area contributed by atoms with E-state index in [1.807, 2.05) is 0 Å². The number of rotatable bonds is 2. The summed E-state index contributed by atoms with van der Waals surface area (Å²) in [4.78, 5) is 11.4. The molecule has 0 fully saturated rings. The number of hydrogen-bond acceptors (Lipinski definition) is 4. The number of para-hydroxylation sites is 2. The van der Waals surface area contributed by atoms with E-state index >= 15 is 0 Å². The predicted molar refractivity (Wildman–Crippen MR) is 54.0 cm³/mol. The summed E-state index contributed by atoms with van der Waals surface area (Å²) >= 11 is 0. The van der Waals surface area contributed by atoms with Crippen LogP contribution in [0.4, 0.5) is 0 Å². The third-order valence-electron chi connectivity index (χ3n) is 2.18. The molecule has 0 atom stereocenters. The number of hydrogen-bond donors (Lipinski definition) is 1. The Labute approximate surface area is 90.8 Å². The van der Waals surface area contributed by atoms with Crippen LogP contribution in [0.25, 0.3) is 11.0 Å². The molecule has 6 heteroatoms. The second-order valence-electron chi connectivity index (χ2n) is 3.14. The lowest BCUT2D eigenvalue weighted by molar-refractivity contribution is -0.583. The lowest BCUT2D eigenvalue weighted by Crippen LogP contribution is -2.35. The monoisotopic (exact) mass is 222 g/mol. The molecule has 1 heterocycles. The van der Waals surface area contributed by atoms with Crippen LogP contribution < -0.4 is 4.73 Å². The summed E-state index contributed by atoms with van der Waals surface area (Å²) in [5, 5.41) is 21.4. The van der Waals surface area contributed by atoms with Crippen molar-refractivity contribution in [3.8, 4) is 0 Å². The van der Waals surface area contributed by atoms with Gasteiger partial charge in [-0.25, -0.2) is 9.52 Å². The van der Waals surface area contributed by atoms with Crippen molar-refractivity contribution >= 4 is 17.0 Å². The summed E-state index contributed by atoms with van der Waals surface area (Å²) in [5.41, 5.74) is 0.480.